The van der Waals surface area contributed by atoms with Crippen LogP contribution in [-0.2, 0) is 18.4 Å². The van der Waals surface area contributed by atoms with Gasteiger partial charge in [0.2, 0.25) is 0 Å². The molecule has 0 N–H and O–H groups in total. The van der Waals surface area contributed by atoms with Gasteiger partial charge in [0.15, 0.2) is 0 Å². The topological polar surface area (TPSA) is 44.8 Å². The second kappa shape index (κ2) is 16.1. The van der Waals surface area contributed by atoms with Gasteiger partial charge in [0, 0.05) is 48.5 Å². The van der Waals surface area contributed by atoms with Crippen LogP contribution in [0.25, 0.3) is 0 Å². The minimum Gasteiger partial charge on any atom is -0.362 e. The third-order valence-electron chi connectivity index (χ3n) is 5.46. The molecule has 0 aromatic carbocycles. The summed E-state index contributed by atoms with van der Waals surface area (Å²) in [7, 11) is 1.82. The highest BCUT2D eigenvalue weighted by Crippen LogP contribution is 2.41. The third-order valence-corrected chi connectivity index (χ3v) is 6.41. The number of unbranched alkanes of at least 4 members (excludes halogenated alkanes) is 3. The van der Waals surface area contributed by atoms with Crippen LogP contribution in [0.5, 0.6) is 0 Å². The van der Waals surface area contributed by atoms with E-state index in [0.717, 1.165) is 44.9 Å². The predicted octanol–water partition coefficient (Wildman–Crippen LogP) is 6.24. The van der Waals surface area contributed by atoms with Crippen LogP contribution in [0, 0.1) is 11.8 Å². The molecule has 8 atom stereocenters. The van der Waals surface area contributed by atoms with Crippen LogP contribution in [0.2, 0.25) is 0 Å². The number of Topliss-reactive ketones (excluding diaryl/α,β-unsaturated/α-hetero) is 1. The van der Waals surface area contributed by atoms with Gasteiger partial charge in [-0.05, 0) is 38.5 Å². The lowest BCUT2D eigenvalue weighted by Crippen LogP contribution is -2.21. The molecule has 164 valence electrons. The monoisotopic (exact) mass is 456 g/mol. The average molecular weight is 457 g/mol. The van der Waals surface area contributed by atoms with Crippen LogP contribution in [0.15, 0.2) is 24.3 Å². The Bertz CT molecular complexity index is 526. The van der Waals surface area contributed by atoms with Gasteiger partial charge in [-0.1, -0.05) is 50.5 Å². The fraction of sp³-hybridized carbons (Fsp3) is 0.762. The first kappa shape index (κ1) is 23.0. The molecule has 0 saturated heterocycles. The lowest BCUT2D eigenvalue weighted by atomic mass is 9.89. The molecule has 7 heteroatoms. The Hall–Kier alpha value is 0.320. The van der Waals surface area contributed by atoms with E-state index in [-0.39, 0.29) is 56.2 Å². The zero-order chi connectivity index (χ0) is 22.2. The summed E-state index contributed by atoms with van der Waals surface area (Å²) in [6.07, 6.45) is 17.0. The van der Waals surface area contributed by atoms with E-state index in [1.807, 2.05) is 0 Å². The largest absolute Gasteiger partial charge is 0.362 e. The summed E-state index contributed by atoms with van der Waals surface area (Å²) in [5.74, 6) is 0.654. The molecule has 0 heterocycles. The van der Waals surface area contributed by atoms with Gasteiger partial charge in [-0.25, -0.2) is 0 Å². The number of carbonyl (C=O) groups is 1. The van der Waals surface area contributed by atoms with Crippen LogP contribution >= 0.6 is 28.3 Å². The molecule has 28 heavy (non-hydrogen) atoms. The fourth-order valence-electron chi connectivity index (χ4n) is 3.83. The van der Waals surface area contributed by atoms with Crippen LogP contribution < -0.4 is 0 Å². The van der Waals surface area contributed by atoms with Crippen molar-refractivity contribution in [2.75, 3.05) is 0 Å². The molecule has 0 amide bonds. The second-order valence-corrected chi connectivity index (χ2v) is 8.39. The molecule has 0 radical (unpaired) electrons. The standard InChI is InChI=1S/C21H39O4P3.H2/c1-3-4-7-11-17(23-26)13-14-19-18(20(24-27)15-21(19)25-28)12-9-6-5-8-10-16(2)22;/h6,9,13-14,17-21H,3-5,7-8,10-12,15,26-28H2,1-2H3;1H/b9-6-,14-13+;/t17-,18+,19+,20-,21+;/m0./s1/i26T,28T;1+2/t17-,18+,19+,20-,21+,26?,28?;. The molecule has 1 fully saturated rings. The van der Waals surface area contributed by atoms with Crippen molar-refractivity contribution in [3.8, 4) is 0 Å². The number of rotatable bonds is 17. The second-order valence-electron chi connectivity index (χ2n) is 7.65. The number of allylic oxidation sites excluding steroid dienone is 2. The van der Waals surface area contributed by atoms with Gasteiger partial charge in [-0.2, -0.15) is 0 Å². The lowest BCUT2D eigenvalue weighted by molar-refractivity contribution is -0.117. The van der Waals surface area contributed by atoms with Gasteiger partial charge in [-0.15, -0.1) is 0 Å². The Balaban J connectivity index is 0.00000900. The summed E-state index contributed by atoms with van der Waals surface area (Å²) in [6, 6.07) is 0. The summed E-state index contributed by atoms with van der Waals surface area (Å²) in [6.45, 7) is 3.81. The van der Waals surface area contributed by atoms with Crippen molar-refractivity contribution in [3.05, 3.63) is 24.3 Å². The van der Waals surface area contributed by atoms with Gasteiger partial charge < -0.3 is 18.4 Å². The van der Waals surface area contributed by atoms with Crippen molar-refractivity contribution in [1.82, 2.24) is 0 Å². The molecule has 3 unspecified atom stereocenters. The summed E-state index contributed by atoms with van der Waals surface area (Å²) >= 11 is 0. The highest BCUT2D eigenvalue weighted by atomic mass is 31.0. The maximum Gasteiger partial charge on any atom is 0.129 e. The molecule has 4 nitrogen and oxygen atoms in total. The number of ketones is 1. The third kappa shape index (κ3) is 9.88. The zero-order valence-electron chi connectivity index (χ0n) is 19.3. The predicted molar refractivity (Wildman–Crippen MR) is 129 cm³/mol. The normalized spacial score (nSPS) is 28.2. The quantitative estimate of drug-likeness (QED) is 0.148. The Kier molecular flexibility index (Phi) is 13.2. The highest BCUT2D eigenvalue weighted by molar-refractivity contribution is 7.10. The molecule has 0 aromatic heterocycles. The number of hydrogen-bond acceptors (Lipinski definition) is 4. The van der Waals surface area contributed by atoms with E-state index < -0.39 is 0 Å². The number of carbonyl (C=O) groups excluding carboxylic acids is 1. The van der Waals surface area contributed by atoms with E-state index in [0.29, 0.717) is 6.42 Å². The average Bonchev–Trinajstić information content (AvgIpc) is 3.05. The van der Waals surface area contributed by atoms with Crippen molar-refractivity contribution in [2.24, 2.45) is 11.8 Å². The van der Waals surface area contributed by atoms with Gasteiger partial charge in [0.25, 0.3) is 0 Å². The van der Waals surface area contributed by atoms with E-state index in [1.54, 1.807) is 6.92 Å². The first-order valence-corrected chi connectivity index (χ1v) is 11.7. The molecule has 1 saturated carbocycles. The highest BCUT2D eigenvalue weighted by Gasteiger charge is 2.41. The van der Waals surface area contributed by atoms with E-state index in [9.17, 15) is 4.79 Å². The van der Waals surface area contributed by atoms with Crippen LogP contribution in [-0.4, -0.2) is 26.7 Å². The van der Waals surface area contributed by atoms with Gasteiger partial charge in [0.1, 0.15) is 5.78 Å². The smallest absolute Gasteiger partial charge is 0.129 e. The van der Waals surface area contributed by atoms with Crippen LogP contribution in [0.4, 0.5) is 0 Å². The molecule has 1 aliphatic rings. The fourth-order valence-corrected chi connectivity index (χ4v) is 4.59. The zero-order valence-corrected chi connectivity index (χ0v) is 20.4. The molecule has 0 bridgehead atoms. The molecule has 1 aliphatic carbocycles. The van der Waals surface area contributed by atoms with Gasteiger partial charge in [-0.3, -0.25) is 0 Å². The molecular weight excluding hydrogens is 409 g/mol. The van der Waals surface area contributed by atoms with E-state index in [1.165, 1.54) is 6.42 Å². The SMILES string of the molecule is [3HH].[3H]PO[C@H](/C=C/[C@@H]1[C@@H](C/C=C\CCCC(C)=O)[C@@H](OP)C[C@H]1OP[3H])CCCCC. The minimum absolute atomic E-state index is 0. The van der Waals surface area contributed by atoms with Crippen molar-refractivity contribution in [2.45, 2.75) is 89.9 Å². The van der Waals surface area contributed by atoms with E-state index in [4.69, 9.17) is 16.1 Å². The maximum absolute atomic E-state index is 11.1. The maximum atomic E-state index is 11.1. The molecule has 0 aromatic rings. The summed E-state index contributed by atoms with van der Waals surface area (Å²) in [5, 5.41) is 0. The first-order chi connectivity index (χ1) is 14.6. The van der Waals surface area contributed by atoms with E-state index in [2.05, 4.69) is 40.7 Å². The van der Waals surface area contributed by atoms with Crippen LogP contribution in [0.3, 0.4) is 0 Å². The molecule has 1 rings (SSSR count). The van der Waals surface area contributed by atoms with Crippen LogP contribution in [0.1, 0.15) is 73.1 Å². The minimum atomic E-state index is -0.298. The molecule has 0 aliphatic heterocycles. The Morgan fingerprint density at radius 2 is 2.11 bits per heavy atom. The van der Waals surface area contributed by atoms with Crippen molar-refractivity contribution < 1.29 is 19.8 Å². The summed E-state index contributed by atoms with van der Waals surface area (Å²) in [4.78, 5) is 11.1. The summed E-state index contributed by atoms with van der Waals surface area (Å²) < 4.78 is 32.1. The Morgan fingerprint density at radius 1 is 1.25 bits per heavy atom. The first-order valence-electron chi connectivity index (χ1n) is 11.4. The summed E-state index contributed by atoms with van der Waals surface area (Å²) in [5.41, 5.74) is 0. The Morgan fingerprint density at radius 3 is 2.79 bits per heavy atom. The van der Waals surface area contributed by atoms with Crippen molar-refractivity contribution >= 4 is 34.1 Å². The molecular formula is C21H41O4P3. The van der Waals surface area contributed by atoms with Gasteiger partial charge >= 0.3 is 0 Å². The lowest BCUT2D eigenvalue weighted by Gasteiger charge is -2.22. The van der Waals surface area contributed by atoms with E-state index >= 15 is 0 Å². The van der Waals surface area contributed by atoms with Crippen molar-refractivity contribution in [1.29, 1.82) is 2.56 Å². The van der Waals surface area contributed by atoms with Gasteiger partial charge in [0.05, 0.1) is 20.9 Å². The number of hydrogen-bond donors (Lipinski definition) is 0. The molecule has 0 spiro atoms. The Labute approximate surface area is 182 Å². The van der Waals surface area contributed by atoms with Crippen molar-refractivity contribution in [3.63, 3.8) is 0 Å².